The summed E-state index contributed by atoms with van der Waals surface area (Å²) in [5.41, 5.74) is 0. The summed E-state index contributed by atoms with van der Waals surface area (Å²) >= 11 is 0. The van der Waals surface area contributed by atoms with E-state index in [4.69, 9.17) is 4.74 Å². The van der Waals surface area contributed by atoms with Crippen LogP contribution in [0.4, 0.5) is 0 Å². The Balaban J connectivity index is 2.20. The molecule has 0 aromatic heterocycles. The summed E-state index contributed by atoms with van der Waals surface area (Å²) in [4.78, 5) is 14.6. The highest BCUT2D eigenvalue weighted by atomic mass is 16.5. The summed E-state index contributed by atoms with van der Waals surface area (Å²) < 4.78 is 5.37. The van der Waals surface area contributed by atoms with E-state index in [-0.39, 0.29) is 5.97 Å². The van der Waals surface area contributed by atoms with Gasteiger partial charge in [0.25, 0.3) is 0 Å². The van der Waals surface area contributed by atoms with Crippen LogP contribution in [0.1, 0.15) is 136 Å². The quantitative estimate of drug-likeness (QED) is 0.147. The van der Waals surface area contributed by atoms with Gasteiger partial charge in [-0.2, -0.15) is 0 Å². The van der Waals surface area contributed by atoms with Crippen molar-refractivity contribution < 1.29 is 9.53 Å². The number of unbranched alkanes of at least 4 members (excludes halogenated alkanes) is 8. The molecule has 0 bridgehead atoms. The number of hydrogen-bond donors (Lipinski definition) is 0. The summed E-state index contributed by atoms with van der Waals surface area (Å²) in [6.07, 6.45) is 24.5. The number of hydrogen-bond acceptors (Lipinski definition) is 3. The molecule has 1 aliphatic carbocycles. The zero-order valence-corrected chi connectivity index (χ0v) is 20.6. The zero-order chi connectivity index (χ0) is 21.7. The first kappa shape index (κ1) is 27.5. The van der Waals surface area contributed by atoms with Crippen LogP contribution in [0.25, 0.3) is 0 Å². The largest absolute Gasteiger partial charge is 0.466 e. The minimum atomic E-state index is 0.00387. The number of ether oxygens (including phenoxy) is 1. The Morgan fingerprint density at radius 1 is 0.733 bits per heavy atom. The Labute approximate surface area is 188 Å². The van der Waals surface area contributed by atoms with Gasteiger partial charge in [-0.05, 0) is 57.7 Å². The molecular formula is C27H53NO2. The number of esters is 1. The molecule has 0 spiro atoms. The van der Waals surface area contributed by atoms with Gasteiger partial charge in [0.1, 0.15) is 0 Å². The van der Waals surface area contributed by atoms with Crippen molar-refractivity contribution in [2.45, 2.75) is 136 Å². The summed E-state index contributed by atoms with van der Waals surface area (Å²) in [7, 11) is 0. The SMILES string of the molecule is CCCCCCCCCN(CCCC(=O)OCCCCC)CCCC1CCCCC1. The molecule has 0 N–H and O–H groups in total. The molecule has 1 aliphatic rings. The van der Waals surface area contributed by atoms with Gasteiger partial charge in [-0.15, -0.1) is 0 Å². The number of carbonyl (C=O) groups excluding carboxylic acids is 1. The van der Waals surface area contributed by atoms with E-state index in [1.54, 1.807) is 0 Å². The minimum absolute atomic E-state index is 0.00387. The summed E-state index contributed by atoms with van der Waals surface area (Å²) in [6.45, 7) is 8.56. The fourth-order valence-electron chi connectivity index (χ4n) is 4.76. The monoisotopic (exact) mass is 423 g/mol. The average molecular weight is 424 g/mol. The van der Waals surface area contributed by atoms with E-state index in [1.165, 1.54) is 109 Å². The highest BCUT2D eigenvalue weighted by molar-refractivity contribution is 5.69. The lowest BCUT2D eigenvalue weighted by atomic mass is 9.86. The first-order valence-corrected chi connectivity index (χ1v) is 13.6. The molecule has 1 fully saturated rings. The van der Waals surface area contributed by atoms with Crippen LogP contribution in [0, 0.1) is 5.92 Å². The Morgan fingerprint density at radius 2 is 1.33 bits per heavy atom. The maximum Gasteiger partial charge on any atom is 0.305 e. The second-order valence-corrected chi connectivity index (χ2v) is 9.64. The van der Waals surface area contributed by atoms with Gasteiger partial charge in [0, 0.05) is 6.42 Å². The van der Waals surface area contributed by atoms with Crippen LogP contribution in [-0.2, 0) is 9.53 Å². The van der Waals surface area contributed by atoms with Crippen molar-refractivity contribution in [3.8, 4) is 0 Å². The predicted molar refractivity (Wildman–Crippen MR) is 130 cm³/mol. The summed E-state index contributed by atoms with van der Waals surface area (Å²) in [6, 6.07) is 0. The molecule has 178 valence electrons. The Hall–Kier alpha value is -0.570. The maximum absolute atomic E-state index is 12.0. The van der Waals surface area contributed by atoms with Crippen LogP contribution in [0.2, 0.25) is 0 Å². The number of carbonyl (C=O) groups is 1. The van der Waals surface area contributed by atoms with Gasteiger partial charge in [-0.25, -0.2) is 0 Å². The molecular weight excluding hydrogens is 370 g/mol. The molecule has 30 heavy (non-hydrogen) atoms. The first-order chi connectivity index (χ1) is 14.8. The van der Waals surface area contributed by atoms with Crippen LogP contribution >= 0.6 is 0 Å². The molecule has 3 nitrogen and oxygen atoms in total. The molecule has 0 atom stereocenters. The molecule has 0 radical (unpaired) electrons. The average Bonchev–Trinajstić information content (AvgIpc) is 2.76. The van der Waals surface area contributed by atoms with Gasteiger partial charge in [0.05, 0.1) is 6.61 Å². The number of nitrogens with zero attached hydrogens (tertiary/aromatic N) is 1. The summed E-state index contributed by atoms with van der Waals surface area (Å²) in [5.74, 6) is 0.987. The zero-order valence-electron chi connectivity index (χ0n) is 20.6. The molecule has 0 aliphatic heterocycles. The van der Waals surface area contributed by atoms with Gasteiger partial charge >= 0.3 is 5.97 Å². The normalized spacial score (nSPS) is 15.0. The Bertz CT molecular complexity index is 379. The molecule has 0 saturated heterocycles. The van der Waals surface area contributed by atoms with Crippen molar-refractivity contribution >= 4 is 5.97 Å². The first-order valence-electron chi connectivity index (χ1n) is 13.6. The van der Waals surface area contributed by atoms with E-state index in [2.05, 4.69) is 18.7 Å². The lowest BCUT2D eigenvalue weighted by Gasteiger charge is -2.25. The lowest BCUT2D eigenvalue weighted by Crippen LogP contribution is -2.28. The van der Waals surface area contributed by atoms with Gasteiger partial charge in [0.15, 0.2) is 0 Å². The molecule has 0 heterocycles. The highest BCUT2D eigenvalue weighted by Crippen LogP contribution is 2.27. The van der Waals surface area contributed by atoms with Crippen molar-refractivity contribution in [3.63, 3.8) is 0 Å². The van der Waals surface area contributed by atoms with Crippen LogP contribution in [0.3, 0.4) is 0 Å². The van der Waals surface area contributed by atoms with Crippen LogP contribution in [0.15, 0.2) is 0 Å². The Kier molecular flexibility index (Phi) is 18.6. The fraction of sp³-hybridized carbons (Fsp3) is 0.963. The van der Waals surface area contributed by atoms with Gasteiger partial charge in [0.2, 0.25) is 0 Å². The minimum Gasteiger partial charge on any atom is -0.466 e. The highest BCUT2D eigenvalue weighted by Gasteiger charge is 2.14. The van der Waals surface area contributed by atoms with E-state index < -0.39 is 0 Å². The van der Waals surface area contributed by atoms with E-state index >= 15 is 0 Å². The third-order valence-corrected chi connectivity index (χ3v) is 6.76. The topological polar surface area (TPSA) is 29.5 Å². The van der Waals surface area contributed by atoms with Gasteiger partial charge in [-0.3, -0.25) is 4.79 Å². The molecule has 0 aromatic rings. The Morgan fingerprint density at radius 3 is 2.07 bits per heavy atom. The third kappa shape index (κ3) is 16.2. The van der Waals surface area contributed by atoms with Crippen molar-refractivity contribution in [1.29, 1.82) is 0 Å². The van der Waals surface area contributed by atoms with Crippen molar-refractivity contribution in [2.75, 3.05) is 26.2 Å². The van der Waals surface area contributed by atoms with Gasteiger partial charge < -0.3 is 9.64 Å². The molecule has 3 heteroatoms. The van der Waals surface area contributed by atoms with Crippen molar-refractivity contribution in [1.82, 2.24) is 4.90 Å². The molecule has 0 aromatic carbocycles. The molecule has 0 unspecified atom stereocenters. The van der Waals surface area contributed by atoms with E-state index in [0.717, 1.165) is 31.7 Å². The molecule has 1 saturated carbocycles. The van der Waals surface area contributed by atoms with E-state index in [1.807, 2.05) is 0 Å². The second-order valence-electron chi connectivity index (χ2n) is 9.64. The fourth-order valence-corrected chi connectivity index (χ4v) is 4.76. The van der Waals surface area contributed by atoms with Crippen molar-refractivity contribution in [3.05, 3.63) is 0 Å². The third-order valence-electron chi connectivity index (χ3n) is 6.76. The van der Waals surface area contributed by atoms with Gasteiger partial charge in [-0.1, -0.05) is 97.3 Å². The van der Waals surface area contributed by atoms with Crippen molar-refractivity contribution in [2.24, 2.45) is 5.92 Å². The molecule has 1 rings (SSSR count). The lowest BCUT2D eigenvalue weighted by molar-refractivity contribution is -0.143. The predicted octanol–water partition coefficient (Wildman–Crippen LogP) is 7.91. The smallest absolute Gasteiger partial charge is 0.305 e. The van der Waals surface area contributed by atoms with Crippen LogP contribution in [0.5, 0.6) is 0 Å². The summed E-state index contributed by atoms with van der Waals surface area (Å²) in [5, 5.41) is 0. The standard InChI is InChI=1S/C27H53NO2/c1-3-5-7-8-9-10-14-22-28(23-16-20-26-18-12-11-13-19-26)24-17-21-27(29)30-25-15-6-4-2/h26H,3-25H2,1-2H3. The van der Waals surface area contributed by atoms with E-state index in [0.29, 0.717) is 13.0 Å². The second kappa shape index (κ2) is 20.3. The van der Waals surface area contributed by atoms with Crippen LogP contribution in [-0.4, -0.2) is 37.1 Å². The number of rotatable bonds is 20. The van der Waals surface area contributed by atoms with Crippen LogP contribution < -0.4 is 0 Å². The molecule has 0 amide bonds. The maximum atomic E-state index is 12.0. The van der Waals surface area contributed by atoms with E-state index in [9.17, 15) is 4.79 Å².